The number of carbonyl (C=O) groups is 1. The molecule has 2 heterocycles. The lowest BCUT2D eigenvalue weighted by molar-refractivity contribution is -0.137. The number of hydrogen-bond acceptors (Lipinski definition) is 4. The number of hydrogen-bond donors (Lipinski definition) is 1. The highest BCUT2D eigenvalue weighted by Gasteiger charge is 2.24. The van der Waals surface area contributed by atoms with Gasteiger partial charge >= 0.3 is 0 Å². The van der Waals surface area contributed by atoms with Gasteiger partial charge in [-0.05, 0) is 26.0 Å². The zero-order valence-corrected chi connectivity index (χ0v) is 10.9. The van der Waals surface area contributed by atoms with Crippen LogP contribution < -0.4 is 5.32 Å². The lowest BCUT2D eigenvalue weighted by Gasteiger charge is -2.30. The van der Waals surface area contributed by atoms with Crippen molar-refractivity contribution in [3.8, 4) is 0 Å². The van der Waals surface area contributed by atoms with E-state index in [4.69, 9.17) is 9.15 Å². The van der Waals surface area contributed by atoms with Crippen molar-refractivity contribution in [2.45, 2.75) is 25.9 Å². The molecule has 1 aromatic rings. The average Bonchev–Trinajstić information content (AvgIpc) is 2.92. The van der Waals surface area contributed by atoms with Crippen LogP contribution in [0.1, 0.15) is 25.6 Å². The summed E-state index contributed by atoms with van der Waals surface area (Å²) in [5.74, 6) is 0.966. The number of rotatable bonds is 4. The second-order valence-electron chi connectivity index (χ2n) is 4.56. The van der Waals surface area contributed by atoms with Gasteiger partial charge in [-0.2, -0.15) is 0 Å². The van der Waals surface area contributed by atoms with Gasteiger partial charge in [0.2, 0.25) is 5.91 Å². The molecule has 1 amide bonds. The van der Waals surface area contributed by atoms with Crippen LogP contribution in [-0.2, 0) is 9.53 Å². The van der Waals surface area contributed by atoms with Crippen LogP contribution in [0.5, 0.6) is 0 Å². The smallest absolute Gasteiger partial charge is 0.239 e. The molecule has 0 saturated carbocycles. The fourth-order valence-corrected chi connectivity index (χ4v) is 2.12. The van der Waals surface area contributed by atoms with Crippen LogP contribution in [-0.4, -0.2) is 43.2 Å². The van der Waals surface area contributed by atoms with Crippen LogP contribution in [0.2, 0.25) is 0 Å². The van der Waals surface area contributed by atoms with Gasteiger partial charge in [0.15, 0.2) is 0 Å². The summed E-state index contributed by atoms with van der Waals surface area (Å²) in [5, 5.41) is 3.25. The van der Waals surface area contributed by atoms with E-state index in [1.54, 1.807) is 6.26 Å². The second-order valence-corrected chi connectivity index (χ2v) is 4.56. The van der Waals surface area contributed by atoms with E-state index in [0.717, 1.165) is 5.76 Å². The highest BCUT2D eigenvalue weighted by molar-refractivity contribution is 5.81. The molecule has 1 N–H and O–H groups in total. The normalized spacial score (nSPS) is 19.6. The first-order valence-electron chi connectivity index (χ1n) is 6.34. The summed E-state index contributed by atoms with van der Waals surface area (Å²) < 4.78 is 10.6. The molecule has 5 nitrogen and oxygen atoms in total. The zero-order valence-electron chi connectivity index (χ0n) is 10.9. The molecular weight excluding hydrogens is 232 g/mol. The summed E-state index contributed by atoms with van der Waals surface area (Å²) in [7, 11) is 0. The van der Waals surface area contributed by atoms with E-state index in [0.29, 0.717) is 26.3 Å². The number of morpholine rings is 1. The molecule has 0 aliphatic carbocycles. The molecule has 1 aromatic heterocycles. The Morgan fingerprint density at radius 3 is 2.72 bits per heavy atom. The van der Waals surface area contributed by atoms with Crippen LogP contribution in [0, 0.1) is 0 Å². The molecule has 100 valence electrons. The largest absolute Gasteiger partial charge is 0.468 e. The number of carbonyl (C=O) groups excluding carboxylic acids is 1. The molecular formula is C13H20N2O3. The number of furan rings is 1. The summed E-state index contributed by atoms with van der Waals surface area (Å²) >= 11 is 0. The number of ether oxygens (including phenoxy) is 1. The Bertz CT molecular complexity index is 372. The fourth-order valence-electron chi connectivity index (χ4n) is 2.12. The summed E-state index contributed by atoms with van der Waals surface area (Å²) in [6.07, 6.45) is 1.64. The Labute approximate surface area is 107 Å². The highest BCUT2D eigenvalue weighted by Crippen LogP contribution is 2.13. The van der Waals surface area contributed by atoms with Crippen molar-refractivity contribution in [2.75, 3.05) is 26.3 Å². The van der Waals surface area contributed by atoms with E-state index in [2.05, 4.69) is 5.32 Å². The lowest BCUT2D eigenvalue weighted by Crippen LogP contribution is -2.49. The fraction of sp³-hybridized carbons (Fsp3) is 0.615. The molecule has 1 unspecified atom stereocenters. The van der Waals surface area contributed by atoms with Crippen molar-refractivity contribution >= 4 is 5.91 Å². The van der Waals surface area contributed by atoms with Crippen molar-refractivity contribution in [2.24, 2.45) is 0 Å². The van der Waals surface area contributed by atoms with Gasteiger partial charge in [-0.3, -0.25) is 10.1 Å². The van der Waals surface area contributed by atoms with Crippen LogP contribution in [0.4, 0.5) is 0 Å². The van der Waals surface area contributed by atoms with E-state index < -0.39 is 0 Å². The Hall–Kier alpha value is -1.33. The van der Waals surface area contributed by atoms with Crippen LogP contribution >= 0.6 is 0 Å². The SMILES string of the molecule is CC(N[C@H](C)c1ccco1)C(=O)N1CCOCC1. The summed E-state index contributed by atoms with van der Waals surface area (Å²) in [5.41, 5.74) is 0. The molecule has 1 aliphatic rings. The van der Waals surface area contributed by atoms with Crippen molar-refractivity contribution in [3.05, 3.63) is 24.2 Å². The molecule has 1 saturated heterocycles. The predicted octanol–water partition coefficient (Wildman–Crippen LogP) is 1.18. The summed E-state index contributed by atoms with van der Waals surface area (Å²) in [4.78, 5) is 14.0. The van der Waals surface area contributed by atoms with E-state index in [1.165, 1.54) is 0 Å². The Morgan fingerprint density at radius 1 is 1.39 bits per heavy atom. The van der Waals surface area contributed by atoms with Gasteiger partial charge in [0.25, 0.3) is 0 Å². The van der Waals surface area contributed by atoms with Crippen LogP contribution in [0.3, 0.4) is 0 Å². The van der Waals surface area contributed by atoms with Crippen LogP contribution in [0.15, 0.2) is 22.8 Å². The average molecular weight is 252 g/mol. The van der Waals surface area contributed by atoms with Gasteiger partial charge in [0.05, 0.1) is 31.6 Å². The third kappa shape index (κ3) is 3.11. The third-order valence-electron chi connectivity index (χ3n) is 3.16. The van der Waals surface area contributed by atoms with Gasteiger partial charge in [0, 0.05) is 13.1 Å². The molecule has 0 spiro atoms. The maximum Gasteiger partial charge on any atom is 0.239 e. The Morgan fingerprint density at radius 2 is 2.11 bits per heavy atom. The van der Waals surface area contributed by atoms with E-state index >= 15 is 0 Å². The predicted molar refractivity (Wildman–Crippen MR) is 67.1 cm³/mol. The molecule has 0 aromatic carbocycles. The molecule has 18 heavy (non-hydrogen) atoms. The van der Waals surface area contributed by atoms with Crippen molar-refractivity contribution in [1.82, 2.24) is 10.2 Å². The molecule has 1 aliphatic heterocycles. The highest BCUT2D eigenvalue weighted by atomic mass is 16.5. The number of amides is 1. The minimum absolute atomic E-state index is 0.0278. The molecule has 5 heteroatoms. The van der Waals surface area contributed by atoms with Gasteiger partial charge in [0.1, 0.15) is 5.76 Å². The van der Waals surface area contributed by atoms with Crippen molar-refractivity contribution < 1.29 is 13.9 Å². The van der Waals surface area contributed by atoms with Crippen molar-refractivity contribution in [1.29, 1.82) is 0 Å². The molecule has 2 atom stereocenters. The maximum atomic E-state index is 12.2. The summed E-state index contributed by atoms with van der Waals surface area (Å²) in [6, 6.07) is 3.56. The standard InChI is InChI=1S/C13H20N2O3/c1-10(12-4-3-7-18-12)14-11(2)13(16)15-5-8-17-9-6-15/h3-4,7,10-11,14H,5-6,8-9H2,1-2H3/t10-,11?/m1/s1. The van der Waals surface area contributed by atoms with Gasteiger partial charge < -0.3 is 14.1 Å². The molecule has 2 rings (SSSR count). The number of nitrogens with one attached hydrogen (secondary N) is 1. The van der Waals surface area contributed by atoms with Gasteiger partial charge in [-0.15, -0.1) is 0 Å². The first-order chi connectivity index (χ1) is 8.68. The van der Waals surface area contributed by atoms with E-state index in [1.807, 2.05) is 30.9 Å². The summed E-state index contributed by atoms with van der Waals surface area (Å²) in [6.45, 7) is 6.50. The van der Waals surface area contributed by atoms with E-state index in [-0.39, 0.29) is 18.0 Å². The minimum atomic E-state index is -0.219. The van der Waals surface area contributed by atoms with Crippen LogP contribution in [0.25, 0.3) is 0 Å². The Kier molecular flexibility index (Phi) is 4.38. The first kappa shape index (κ1) is 13.1. The minimum Gasteiger partial charge on any atom is -0.468 e. The van der Waals surface area contributed by atoms with Gasteiger partial charge in [-0.1, -0.05) is 0 Å². The number of nitrogens with zero attached hydrogens (tertiary/aromatic N) is 1. The quantitative estimate of drug-likeness (QED) is 0.874. The topological polar surface area (TPSA) is 54.7 Å². The molecule has 1 fully saturated rings. The first-order valence-corrected chi connectivity index (χ1v) is 6.34. The zero-order chi connectivity index (χ0) is 13.0. The molecule has 0 bridgehead atoms. The van der Waals surface area contributed by atoms with E-state index in [9.17, 15) is 4.79 Å². The maximum absolute atomic E-state index is 12.2. The molecule has 0 radical (unpaired) electrons. The van der Waals surface area contributed by atoms with Gasteiger partial charge in [-0.25, -0.2) is 0 Å². The lowest BCUT2D eigenvalue weighted by atomic mass is 10.2. The van der Waals surface area contributed by atoms with Crippen molar-refractivity contribution in [3.63, 3.8) is 0 Å². The Balaban J connectivity index is 1.86. The third-order valence-corrected chi connectivity index (χ3v) is 3.16. The second kappa shape index (κ2) is 6.02. The monoisotopic (exact) mass is 252 g/mol.